The van der Waals surface area contributed by atoms with Gasteiger partial charge in [-0.3, -0.25) is 0 Å². The Hall–Kier alpha value is -1.00. The third kappa shape index (κ3) is 1.51. The van der Waals surface area contributed by atoms with Gasteiger partial charge in [0.05, 0.1) is 11.5 Å². The molecule has 0 heterocycles. The van der Waals surface area contributed by atoms with Crippen LogP contribution in [0.4, 0.5) is 0 Å². The Morgan fingerprint density at radius 3 is 2.21 bits per heavy atom. The van der Waals surface area contributed by atoms with Gasteiger partial charge in [0.15, 0.2) is 0 Å². The monoisotopic (exact) mass is 205 g/mol. The van der Waals surface area contributed by atoms with E-state index in [1.807, 2.05) is 24.3 Å². The van der Waals surface area contributed by atoms with Gasteiger partial charge in [-0.15, -0.1) is 0 Å². The highest BCUT2D eigenvalue weighted by molar-refractivity contribution is 6.30. The second-order valence-electron chi connectivity index (χ2n) is 3.91. The Kier molecular flexibility index (Phi) is 2.48. The number of halogens is 1. The summed E-state index contributed by atoms with van der Waals surface area (Å²) in [6.45, 7) is 0. The normalized spacial score (nSPS) is 19.1. The molecule has 72 valence electrons. The fourth-order valence-corrected chi connectivity index (χ4v) is 2.34. The number of nitriles is 1. The first-order valence-electron chi connectivity index (χ1n) is 4.94. The van der Waals surface area contributed by atoms with E-state index in [1.165, 1.54) is 0 Å². The van der Waals surface area contributed by atoms with Crippen molar-refractivity contribution < 1.29 is 0 Å². The van der Waals surface area contributed by atoms with Crippen LogP contribution in [0.2, 0.25) is 5.02 Å². The van der Waals surface area contributed by atoms with E-state index >= 15 is 0 Å². The van der Waals surface area contributed by atoms with Gasteiger partial charge in [-0.1, -0.05) is 36.6 Å². The Morgan fingerprint density at radius 2 is 1.71 bits per heavy atom. The molecule has 2 heteroatoms. The highest BCUT2D eigenvalue weighted by atomic mass is 35.5. The zero-order chi connectivity index (χ0) is 10.0. The lowest BCUT2D eigenvalue weighted by Crippen LogP contribution is -2.18. The minimum atomic E-state index is -0.232. The number of nitrogens with zero attached hydrogens (tertiary/aromatic N) is 1. The first kappa shape index (κ1) is 9.55. The lowest BCUT2D eigenvalue weighted by molar-refractivity contribution is 0.573. The van der Waals surface area contributed by atoms with Crippen LogP contribution < -0.4 is 0 Å². The van der Waals surface area contributed by atoms with Crippen molar-refractivity contribution in [1.29, 1.82) is 5.26 Å². The highest BCUT2D eigenvalue weighted by Gasteiger charge is 2.35. The van der Waals surface area contributed by atoms with Crippen LogP contribution >= 0.6 is 11.6 Å². The van der Waals surface area contributed by atoms with Crippen molar-refractivity contribution in [3.8, 4) is 6.07 Å². The molecule has 0 atom stereocenters. The average molecular weight is 206 g/mol. The summed E-state index contributed by atoms with van der Waals surface area (Å²) >= 11 is 5.82. The van der Waals surface area contributed by atoms with Crippen LogP contribution in [0.25, 0.3) is 0 Å². The molecule has 1 aliphatic rings. The molecule has 0 aliphatic heterocycles. The molecule has 1 aliphatic carbocycles. The SMILES string of the molecule is N#CC1(c2ccc(Cl)cc2)CCCC1. The molecule has 0 bridgehead atoms. The quantitative estimate of drug-likeness (QED) is 0.686. The van der Waals surface area contributed by atoms with Gasteiger partial charge in [-0.2, -0.15) is 5.26 Å². The second-order valence-corrected chi connectivity index (χ2v) is 4.34. The van der Waals surface area contributed by atoms with Crippen molar-refractivity contribution in [2.45, 2.75) is 31.1 Å². The summed E-state index contributed by atoms with van der Waals surface area (Å²) in [5.74, 6) is 0. The minimum absolute atomic E-state index is 0.232. The minimum Gasteiger partial charge on any atom is -0.197 e. The summed E-state index contributed by atoms with van der Waals surface area (Å²) in [6.07, 6.45) is 4.31. The van der Waals surface area contributed by atoms with E-state index in [9.17, 15) is 5.26 Å². The van der Waals surface area contributed by atoms with Crippen molar-refractivity contribution >= 4 is 11.6 Å². The van der Waals surface area contributed by atoms with E-state index in [-0.39, 0.29) is 5.41 Å². The van der Waals surface area contributed by atoms with Crippen molar-refractivity contribution in [2.24, 2.45) is 0 Å². The van der Waals surface area contributed by atoms with Gasteiger partial charge in [0.25, 0.3) is 0 Å². The molecule has 0 radical (unpaired) electrons. The van der Waals surface area contributed by atoms with Crippen LogP contribution in [0.15, 0.2) is 24.3 Å². The molecule has 1 fully saturated rings. The van der Waals surface area contributed by atoms with Gasteiger partial charge in [-0.05, 0) is 30.5 Å². The number of hydrogen-bond acceptors (Lipinski definition) is 1. The first-order chi connectivity index (χ1) is 6.77. The average Bonchev–Trinajstić information content (AvgIpc) is 2.68. The van der Waals surface area contributed by atoms with Crippen molar-refractivity contribution in [3.63, 3.8) is 0 Å². The van der Waals surface area contributed by atoms with Crippen LogP contribution in [-0.4, -0.2) is 0 Å². The van der Waals surface area contributed by atoms with E-state index in [0.29, 0.717) is 0 Å². The molecule has 1 nitrogen and oxygen atoms in total. The highest BCUT2D eigenvalue weighted by Crippen LogP contribution is 2.40. The molecular weight excluding hydrogens is 194 g/mol. The van der Waals surface area contributed by atoms with Crippen LogP contribution in [0, 0.1) is 11.3 Å². The topological polar surface area (TPSA) is 23.8 Å². The Balaban J connectivity index is 2.37. The number of hydrogen-bond donors (Lipinski definition) is 0. The van der Waals surface area contributed by atoms with Crippen molar-refractivity contribution in [1.82, 2.24) is 0 Å². The lowest BCUT2D eigenvalue weighted by Gasteiger charge is -2.20. The molecular formula is C12H12ClN. The fraction of sp³-hybridized carbons (Fsp3) is 0.417. The van der Waals surface area contributed by atoms with E-state index in [1.54, 1.807) is 0 Å². The van der Waals surface area contributed by atoms with Crippen LogP contribution in [0.3, 0.4) is 0 Å². The van der Waals surface area contributed by atoms with Gasteiger partial charge < -0.3 is 0 Å². The molecule has 1 saturated carbocycles. The van der Waals surface area contributed by atoms with Crippen LogP contribution in [0.1, 0.15) is 31.2 Å². The molecule has 0 spiro atoms. The summed E-state index contributed by atoms with van der Waals surface area (Å²) < 4.78 is 0. The Labute approximate surface area is 89.3 Å². The van der Waals surface area contributed by atoms with Gasteiger partial charge in [0, 0.05) is 5.02 Å². The molecule has 0 saturated heterocycles. The van der Waals surface area contributed by atoms with E-state index < -0.39 is 0 Å². The van der Waals surface area contributed by atoms with Crippen molar-refractivity contribution in [2.75, 3.05) is 0 Å². The summed E-state index contributed by atoms with van der Waals surface area (Å²) in [5.41, 5.74) is 0.895. The maximum atomic E-state index is 9.26. The van der Waals surface area contributed by atoms with Gasteiger partial charge in [-0.25, -0.2) is 0 Å². The standard InChI is InChI=1S/C12H12ClN/c13-11-5-3-10(4-6-11)12(9-14)7-1-2-8-12/h3-6H,1-2,7-8H2. The van der Waals surface area contributed by atoms with E-state index in [4.69, 9.17) is 11.6 Å². The summed E-state index contributed by atoms with van der Waals surface area (Å²) in [5, 5.41) is 9.99. The van der Waals surface area contributed by atoms with Crippen LogP contribution in [0.5, 0.6) is 0 Å². The summed E-state index contributed by atoms with van der Waals surface area (Å²) in [4.78, 5) is 0. The molecule has 0 unspecified atom stereocenters. The van der Waals surface area contributed by atoms with E-state index in [0.717, 1.165) is 36.3 Å². The third-order valence-electron chi connectivity index (χ3n) is 3.07. The van der Waals surface area contributed by atoms with Gasteiger partial charge in [0.1, 0.15) is 0 Å². The molecule has 0 aromatic heterocycles. The smallest absolute Gasteiger partial charge is 0.0822 e. The fourth-order valence-electron chi connectivity index (χ4n) is 2.21. The predicted molar refractivity (Wildman–Crippen MR) is 57.2 cm³/mol. The molecule has 0 amide bonds. The number of benzene rings is 1. The first-order valence-corrected chi connectivity index (χ1v) is 5.32. The third-order valence-corrected chi connectivity index (χ3v) is 3.32. The molecule has 1 aromatic carbocycles. The summed E-state index contributed by atoms with van der Waals surface area (Å²) in [6, 6.07) is 10.2. The zero-order valence-corrected chi connectivity index (χ0v) is 8.72. The molecule has 14 heavy (non-hydrogen) atoms. The Bertz CT molecular complexity index is 355. The molecule has 1 aromatic rings. The maximum absolute atomic E-state index is 9.26. The largest absolute Gasteiger partial charge is 0.197 e. The van der Waals surface area contributed by atoms with Gasteiger partial charge >= 0.3 is 0 Å². The Morgan fingerprint density at radius 1 is 1.14 bits per heavy atom. The van der Waals surface area contributed by atoms with Gasteiger partial charge in [0.2, 0.25) is 0 Å². The molecule has 2 rings (SSSR count). The molecule has 0 N–H and O–H groups in total. The number of rotatable bonds is 1. The zero-order valence-electron chi connectivity index (χ0n) is 7.96. The predicted octanol–water partition coefficient (Wildman–Crippen LogP) is 3.68. The van der Waals surface area contributed by atoms with Crippen LogP contribution in [-0.2, 0) is 5.41 Å². The second kappa shape index (κ2) is 3.63. The summed E-state index contributed by atoms with van der Waals surface area (Å²) in [7, 11) is 0. The maximum Gasteiger partial charge on any atom is 0.0822 e. The lowest BCUT2D eigenvalue weighted by atomic mass is 9.80. The van der Waals surface area contributed by atoms with Crippen molar-refractivity contribution in [3.05, 3.63) is 34.9 Å². The van der Waals surface area contributed by atoms with E-state index in [2.05, 4.69) is 6.07 Å².